The Morgan fingerprint density at radius 1 is 1.12 bits per heavy atom. The quantitative estimate of drug-likeness (QED) is 0.735. The number of nitrogens with zero attached hydrogens (tertiary/aromatic N) is 3. The molecule has 0 spiro atoms. The molecule has 5 heteroatoms. The lowest BCUT2D eigenvalue weighted by Gasteiger charge is -2.32. The van der Waals surface area contributed by atoms with E-state index in [4.69, 9.17) is 5.73 Å². The first-order valence-electron chi connectivity index (χ1n) is 9.64. The molecular weight excluding hydrogens is 312 g/mol. The number of hydrogen-bond acceptors (Lipinski definition) is 4. The Bertz CT molecular complexity index is 547. The van der Waals surface area contributed by atoms with Gasteiger partial charge in [-0.05, 0) is 44.0 Å². The number of benzene rings is 1. The normalized spacial score (nSPS) is 15.4. The van der Waals surface area contributed by atoms with Crippen molar-refractivity contribution >= 4 is 17.3 Å². The third-order valence-electron chi connectivity index (χ3n) is 4.90. The number of rotatable bonds is 8. The molecular formula is C20H34N4O. The molecule has 0 atom stereocenters. The van der Waals surface area contributed by atoms with Crippen LogP contribution >= 0.6 is 0 Å². The van der Waals surface area contributed by atoms with E-state index in [1.165, 1.54) is 0 Å². The van der Waals surface area contributed by atoms with Gasteiger partial charge in [-0.3, -0.25) is 4.79 Å². The van der Waals surface area contributed by atoms with Crippen LogP contribution in [0, 0.1) is 0 Å². The van der Waals surface area contributed by atoms with Crippen molar-refractivity contribution in [2.75, 3.05) is 56.9 Å². The SMILES string of the molecule is CCCN(CCC)c1ccc(CCC(=O)N2CCN(C)CC2)cc1N. The van der Waals surface area contributed by atoms with Crippen LogP contribution in [0.2, 0.25) is 0 Å². The summed E-state index contributed by atoms with van der Waals surface area (Å²) >= 11 is 0. The average Bonchev–Trinajstić information content (AvgIpc) is 2.60. The summed E-state index contributed by atoms with van der Waals surface area (Å²) in [6, 6.07) is 6.29. The topological polar surface area (TPSA) is 52.8 Å². The van der Waals surface area contributed by atoms with Gasteiger partial charge in [-0.25, -0.2) is 0 Å². The van der Waals surface area contributed by atoms with Crippen LogP contribution in [-0.2, 0) is 11.2 Å². The highest BCUT2D eigenvalue weighted by Gasteiger charge is 2.18. The van der Waals surface area contributed by atoms with Crippen LogP contribution in [0.5, 0.6) is 0 Å². The molecule has 0 aliphatic carbocycles. The molecule has 0 radical (unpaired) electrons. The minimum Gasteiger partial charge on any atom is -0.397 e. The van der Waals surface area contributed by atoms with Crippen LogP contribution in [0.25, 0.3) is 0 Å². The summed E-state index contributed by atoms with van der Waals surface area (Å²) < 4.78 is 0. The molecule has 5 nitrogen and oxygen atoms in total. The summed E-state index contributed by atoms with van der Waals surface area (Å²) in [6.07, 6.45) is 3.55. The first-order chi connectivity index (χ1) is 12.0. The molecule has 1 saturated heterocycles. The second kappa shape index (κ2) is 9.66. The van der Waals surface area contributed by atoms with Crippen molar-refractivity contribution in [3.8, 4) is 0 Å². The van der Waals surface area contributed by atoms with Crippen LogP contribution in [0.1, 0.15) is 38.7 Å². The van der Waals surface area contributed by atoms with E-state index in [9.17, 15) is 4.79 Å². The van der Waals surface area contributed by atoms with Gasteiger partial charge in [0.15, 0.2) is 0 Å². The maximum Gasteiger partial charge on any atom is 0.222 e. The number of amides is 1. The molecule has 1 amide bonds. The van der Waals surface area contributed by atoms with Crippen LogP contribution < -0.4 is 10.6 Å². The Labute approximate surface area is 152 Å². The van der Waals surface area contributed by atoms with Crippen molar-refractivity contribution in [3.63, 3.8) is 0 Å². The second-order valence-electron chi connectivity index (χ2n) is 7.06. The number of carbonyl (C=O) groups excluding carboxylic acids is 1. The predicted octanol–water partition coefficient (Wildman–Crippen LogP) is 2.60. The Kier molecular flexibility index (Phi) is 7.56. The first kappa shape index (κ1) is 19.6. The summed E-state index contributed by atoms with van der Waals surface area (Å²) in [4.78, 5) is 19.0. The standard InChI is InChI=1S/C20H34N4O/c1-4-10-23(11-5-2)19-8-6-17(16-18(19)21)7-9-20(25)24-14-12-22(3)13-15-24/h6,8,16H,4-5,7,9-15,21H2,1-3H3. The van der Waals surface area contributed by atoms with Gasteiger partial charge in [0.2, 0.25) is 5.91 Å². The van der Waals surface area contributed by atoms with Gasteiger partial charge in [-0.2, -0.15) is 0 Å². The van der Waals surface area contributed by atoms with Crippen molar-refractivity contribution in [2.45, 2.75) is 39.5 Å². The maximum absolute atomic E-state index is 12.4. The van der Waals surface area contributed by atoms with E-state index in [1.54, 1.807) is 0 Å². The number of aryl methyl sites for hydroxylation is 1. The van der Waals surface area contributed by atoms with Gasteiger partial charge in [0.25, 0.3) is 0 Å². The van der Waals surface area contributed by atoms with Crippen LogP contribution in [0.15, 0.2) is 18.2 Å². The molecule has 1 aliphatic heterocycles. The fraction of sp³-hybridized carbons (Fsp3) is 0.650. The number of nitrogens with two attached hydrogens (primary N) is 1. The van der Waals surface area contributed by atoms with Crippen LogP contribution in [0.4, 0.5) is 11.4 Å². The Hall–Kier alpha value is -1.75. The summed E-state index contributed by atoms with van der Waals surface area (Å²) in [5.41, 5.74) is 9.40. The molecule has 0 bridgehead atoms. The van der Waals surface area contributed by atoms with E-state index in [-0.39, 0.29) is 5.91 Å². The molecule has 25 heavy (non-hydrogen) atoms. The zero-order chi connectivity index (χ0) is 18.2. The van der Waals surface area contributed by atoms with Crippen LogP contribution in [-0.4, -0.2) is 62.0 Å². The fourth-order valence-corrected chi connectivity index (χ4v) is 3.41. The summed E-state index contributed by atoms with van der Waals surface area (Å²) in [5, 5.41) is 0. The molecule has 0 saturated carbocycles. The van der Waals surface area contributed by atoms with E-state index >= 15 is 0 Å². The molecule has 2 N–H and O–H groups in total. The zero-order valence-corrected chi connectivity index (χ0v) is 16.1. The molecule has 0 unspecified atom stereocenters. The first-order valence-corrected chi connectivity index (χ1v) is 9.64. The third kappa shape index (κ3) is 5.63. The summed E-state index contributed by atoms with van der Waals surface area (Å²) in [6.45, 7) is 10.1. The molecule has 140 valence electrons. The Balaban J connectivity index is 1.92. The van der Waals surface area contributed by atoms with Gasteiger partial charge in [0, 0.05) is 45.7 Å². The van der Waals surface area contributed by atoms with Crippen molar-refractivity contribution in [1.29, 1.82) is 0 Å². The van der Waals surface area contributed by atoms with Crippen molar-refractivity contribution in [3.05, 3.63) is 23.8 Å². The van der Waals surface area contributed by atoms with E-state index in [0.29, 0.717) is 6.42 Å². The molecule has 0 aromatic heterocycles. The molecule has 1 aromatic carbocycles. The van der Waals surface area contributed by atoms with Gasteiger partial charge >= 0.3 is 0 Å². The third-order valence-corrected chi connectivity index (χ3v) is 4.90. The number of nitrogen functional groups attached to an aromatic ring is 1. The Morgan fingerprint density at radius 3 is 2.32 bits per heavy atom. The highest BCUT2D eigenvalue weighted by molar-refractivity contribution is 5.77. The number of carbonyl (C=O) groups is 1. The van der Waals surface area contributed by atoms with Gasteiger partial charge in [0.05, 0.1) is 11.4 Å². The number of anilines is 2. The van der Waals surface area contributed by atoms with Gasteiger partial charge < -0.3 is 20.4 Å². The highest BCUT2D eigenvalue weighted by Crippen LogP contribution is 2.25. The lowest BCUT2D eigenvalue weighted by molar-refractivity contribution is -0.132. The average molecular weight is 347 g/mol. The Morgan fingerprint density at radius 2 is 1.76 bits per heavy atom. The van der Waals surface area contributed by atoms with Crippen molar-refractivity contribution in [1.82, 2.24) is 9.80 Å². The van der Waals surface area contributed by atoms with Crippen molar-refractivity contribution in [2.24, 2.45) is 0 Å². The fourth-order valence-electron chi connectivity index (χ4n) is 3.41. The minimum absolute atomic E-state index is 0.259. The van der Waals surface area contributed by atoms with Crippen molar-refractivity contribution < 1.29 is 4.79 Å². The van der Waals surface area contributed by atoms with Gasteiger partial charge in [-0.15, -0.1) is 0 Å². The van der Waals surface area contributed by atoms with Crippen LogP contribution in [0.3, 0.4) is 0 Å². The zero-order valence-electron chi connectivity index (χ0n) is 16.1. The lowest BCUT2D eigenvalue weighted by atomic mass is 10.1. The number of piperazine rings is 1. The molecule has 1 aromatic rings. The smallest absolute Gasteiger partial charge is 0.222 e. The summed E-state index contributed by atoms with van der Waals surface area (Å²) in [7, 11) is 2.10. The second-order valence-corrected chi connectivity index (χ2v) is 7.06. The monoisotopic (exact) mass is 346 g/mol. The highest BCUT2D eigenvalue weighted by atomic mass is 16.2. The molecule has 1 aliphatic rings. The predicted molar refractivity (Wildman–Crippen MR) is 106 cm³/mol. The van der Waals surface area contributed by atoms with E-state index in [1.807, 2.05) is 11.0 Å². The van der Waals surface area contributed by atoms with Gasteiger partial charge in [0.1, 0.15) is 0 Å². The number of likely N-dealkylation sites (N-methyl/N-ethyl adjacent to an activating group) is 1. The summed E-state index contributed by atoms with van der Waals surface area (Å²) in [5.74, 6) is 0.259. The number of hydrogen-bond donors (Lipinski definition) is 1. The lowest BCUT2D eigenvalue weighted by Crippen LogP contribution is -2.47. The maximum atomic E-state index is 12.4. The minimum atomic E-state index is 0.259. The molecule has 1 heterocycles. The molecule has 2 rings (SSSR count). The largest absolute Gasteiger partial charge is 0.397 e. The van der Waals surface area contributed by atoms with E-state index in [2.05, 4.69) is 42.8 Å². The molecule has 1 fully saturated rings. The van der Waals surface area contributed by atoms with E-state index in [0.717, 1.165) is 75.5 Å². The van der Waals surface area contributed by atoms with E-state index < -0.39 is 0 Å². The van der Waals surface area contributed by atoms with Gasteiger partial charge in [-0.1, -0.05) is 19.9 Å².